The first-order chi connectivity index (χ1) is 8.80. The molecule has 2 heteroatoms. The summed E-state index contributed by atoms with van der Waals surface area (Å²) in [4.78, 5) is 1.65. The van der Waals surface area contributed by atoms with Crippen LogP contribution in [0.4, 0.5) is 0 Å². The Morgan fingerprint density at radius 1 is 1.39 bits per heavy atom. The molecule has 2 rings (SSSR count). The van der Waals surface area contributed by atoms with E-state index in [0.717, 1.165) is 11.8 Å². The fourth-order valence-corrected chi connectivity index (χ4v) is 4.40. The average Bonchev–Trinajstić information content (AvgIpc) is 2.89. The Morgan fingerprint density at radius 3 is 2.83 bits per heavy atom. The molecule has 1 aromatic rings. The fourth-order valence-electron chi connectivity index (χ4n) is 3.40. The minimum Gasteiger partial charge on any atom is -0.316 e. The number of hydrogen-bond donors (Lipinski definition) is 1. The van der Waals surface area contributed by atoms with Gasteiger partial charge in [-0.05, 0) is 55.7 Å². The third-order valence-electron chi connectivity index (χ3n) is 4.70. The standard InChI is InChI=1S/C16H27NS/c1-4-12(5-2)11-15(17-3)13-7-6-8-16-14(13)9-10-18-16/h9-10,12-13,15,17H,4-8,11H2,1-3H3. The summed E-state index contributed by atoms with van der Waals surface area (Å²) in [5.41, 5.74) is 1.65. The van der Waals surface area contributed by atoms with Gasteiger partial charge in [0.15, 0.2) is 0 Å². The number of nitrogens with one attached hydrogen (secondary N) is 1. The maximum absolute atomic E-state index is 3.61. The summed E-state index contributed by atoms with van der Waals surface area (Å²) in [7, 11) is 2.15. The highest BCUT2D eigenvalue weighted by atomic mass is 32.1. The second kappa shape index (κ2) is 6.72. The maximum Gasteiger partial charge on any atom is 0.0136 e. The molecule has 1 aromatic heterocycles. The molecule has 0 radical (unpaired) electrons. The number of thiophene rings is 1. The first-order valence-electron chi connectivity index (χ1n) is 7.53. The largest absolute Gasteiger partial charge is 0.316 e. The molecule has 2 unspecified atom stereocenters. The molecule has 18 heavy (non-hydrogen) atoms. The number of likely N-dealkylation sites (N-methyl/N-ethyl adjacent to an activating group) is 1. The third kappa shape index (κ3) is 2.97. The lowest BCUT2D eigenvalue weighted by atomic mass is 9.78. The van der Waals surface area contributed by atoms with Crippen molar-refractivity contribution in [1.82, 2.24) is 5.32 Å². The molecule has 1 aliphatic carbocycles. The van der Waals surface area contributed by atoms with Gasteiger partial charge in [-0.2, -0.15) is 0 Å². The molecular weight excluding hydrogens is 238 g/mol. The highest BCUT2D eigenvalue weighted by Crippen LogP contribution is 2.38. The van der Waals surface area contributed by atoms with Crippen LogP contribution >= 0.6 is 11.3 Å². The normalized spacial score (nSPS) is 21.0. The van der Waals surface area contributed by atoms with Crippen LogP contribution in [0.3, 0.4) is 0 Å². The molecule has 0 saturated heterocycles. The topological polar surface area (TPSA) is 12.0 Å². The molecular formula is C16H27NS. The first kappa shape index (κ1) is 14.1. The Bertz CT molecular complexity index is 354. The van der Waals surface area contributed by atoms with Gasteiger partial charge in [0, 0.05) is 16.8 Å². The van der Waals surface area contributed by atoms with Crippen molar-refractivity contribution >= 4 is 11.3 Å². The zero-order chi connectivity index (χ0) is 13.0. The van der Waals surface area contributed by atoms with E-state index in [0.29, 0.717) is 6.04 Å². The van der Waals surface area contributed by atoms with Crippen molar-refractivity contribution in [2.75, 3.05) is 7.05 Å². The van der Waals surface area contributed by atoms with Crippen LogP contribution in [0.25, 0.3) is 0 Å². The van der Waals surface area contributed by atoms with Gasteiger partial charge < -0.3 is 5.32 Å². The number of hydrogen-bond acceptors (Lipinski definition) is 2. The van der Waals surface area contributed by atoms with Crippen molar-refractivity contribution in [3.05, 3.63) is 21.9 Å². The summed E-state index contributed by atoms with van der Waals surface area (Å²) < 4.78 is 0. The van der Waals surface area contributed by atoms with Crippen molar-refractivity contribution in [1.29, 1.82) is 0 Å². The first-order valence-corrected chi connectivity index (χ1v) is 8.41. The highest BCUT2D eigenvalue weighted by Gasteiger charge is 2.28. The van der Waals surface area contributed by atoms with Crippen LogP contribution in [0.2, 0.25) is 0 Å². The summed E-state index contributed by atoms with van der Waals surface area (Å²) in [6.45, 7) is 4.66. The van der Waals surface area contributed by atoms with Gasteiger partial charge in [0.25, 0.3) is 0 Å². The van der Waals surface area contributed by atoms with E-state index in [4.69, 9.17) is 0 Å². The molecule has 1 nitrogen and oxygen atoms in total. The molecule has 1 N–H and O–H groups in total. The zero-order valence-electron chi connectivity index (χ0n) is 12.0. The Morgan fingerprint density at radius 2 is 2.17 bits per heavy atom. The molecule has 0 saturated carbocycles. The van der Waals surface area contributed by atoms with E-state index in [1.165, 1.54) is 38.5 Å². The Balaban J connectivity index is 2.09. The van der Waals surface area contributed by atoms with Gasteiger partial charge in [0.2, 0.25) is 0 Å². The Hall–Kier alpha value is -0.340. The molecule has 102 valence electrons. The summed E-state index contributed by atoms with van der Waals surface area (Å²) in [6, 6.07) is 3.05. The highest BCUT2D eigenvalue weighted by molar-refractivity contribution is 7.10. The van der Waals surface area contributed by atoms with Gasteiger partial charge in [-0.1, -0.05) is 26.7 Å². The SMILES string of the molecule is CCC(CC)CC(NC)C1CCCc2sccc21. The molecule has 1 heterocycles. The van der Waals surface area contributed by atoms with Gasteiger partial charge >= 0.3 is 0 Å². The number of rotatable bonds is 6. The van der Waals surface area contributed by atoms with Crippen LogP contribution in [0, 0.1) is 5.92 Å². The molecule has 0 fully saturated rings. The van der Waals surface area contributed by atoms with Gasteiger partial charge in [0.1, 0.15) is 0 Å². The van der Waals surface area contributed by atoms with Crippen LogP contribution < -0.4 is 5.32 Å². The zero-order valence-corrected chi connectivity index (χ0v) is 12.9. The molecule has 0 aromatic carbocycles. The van der Waals surface area contributed by atoms with E-state index in [1.807, 2.05) is 11.3 Å². The molecule has 0 bridgehead atoms. The number of fused-ring (bicyclic) bond motifs is 1. The minimum atomic E-state index is 0.670. The number of aryl methyl sites for hydroxylation is 1. The summed E-state index contributed by atoms with van der Waals surface area (Å²) in [5.74, 6) is 1.64. The van der Waals surface area contributed by atoms with E-state index >= 15 is 0 Å². The third-order valence-corrected chi connectivity index (χ3v) is 5.69. The van der Waals surface area contributed by atoms with E-state index in [2.05, 4.69) is 37.7 Å². The molecule has 0 spiro atoms. The van der Waals surface area contributed by atoms with Crippen LogP contribution in [0.15, 0.2) is 11.4 Å². The molecule has 2 atom stereocenters. The summed E-state index contributed by atoms with van der Waals surface area (Å²) in [5, 5.41) is 5.89. The van der Waals surface area contributed by atoms with E-state index in [1.54, 1.807) is 10.4 Å². The Kier molecular flexibility index (Phi) is 5.25. The van der Waals surface area contributed by atoms with Crippen molar-refractivity contribution in [2.45, 2.75) is 64.3 Å². The van der Waals surface area contributed by atoms with Crippen molar-refractivity contribution in [3.8, 4) is 0 Å². The van der Waals surface area contributed by atoms with Crippen molar-refractivity contribution in [2.24, 2.45) is 5.92 Å². The lowest BCUT2D eigenvalue weighted by molar-refractivity contribution is 0.323. The second-order valence-electron chi connectivity index (χ2n) is 5.61. The lowest BCUT2D eigenvalue weighted by Crippen LogP contribution is -2.35. The summed E-state index contributed by atoms with van der Waals surface area (Å²) >= 11 is 1.96. The van der Waals surface area contributed by atoms with Crippen LogP contribution in [0.5, 0.6) is 0 Å². The van der Waals surface area contributed by atoms with Crippen LogP contribution in [-0.2, 0) is 6.42 Å². The van der Waals surface area contributed by atoms with Crippen molar-refractivity contribution in [3.63, 3.8) is 0 Å². The van der Waals surface area contributed by atoms with Gasteiger partial charge in [0.05, 0.1) is 0 Å². The fraction of sp³-hybridized carbons (Fsp3) is 0.750. The van der Waals surface area contributed by atoms with Gasteiger partial charge in [-0.3, -0.25) is 0 Å². The van der Waals surface area contributed by atoms with E-state index < -0.39 is 0 Å². The van der Waals surface area contributed by atoms with Gasteiger partial charge in [-0.15, -0.1) is 11.3 Å². The smallest absolute Gasteiger partial charge is 0.0136 e. The van der Waals surface area contributed by atoms with E-state index in [9.17, 15) is 0 Å². The maximum atomic E-state index is 3.61. The lowest BCUT2D eigenvalue weighted by Gasteiger charge is -2.32. The summed E-state index contributed by atoms with van der Waals surface area (Å²) in [6.07, 6.45) is 8.03. The second-order valence-corrected chi connectivity index (χ2v) is 6.61. The quantitative estimate of drug-likeness (QED) is 0.793. The van der Waals surface area contributed by atoms with Crippen molar-refractivity contribution < 1.29 is 0 Å². The van der Waals surface area contributed by atoms with E-state index in [-0.39, 0.29) is 0 Å². The van der Waals surface area contributed by atoms with Gasteiger partial charge in [-0.25, -0.2) is 0 Å². The predicted molar refractivity (Wildman–Crippen MR) is 81.5 cm³/mol. The minimum absolute atomic E-state index is 0.670. The van der Waals surface area contributed by atoms with Crippen LogP contribution in [0.1, 0.15) is 62.3 Å². The average molecular weight is 265 g/mol. The molecule has 0 aliphatic heterocycles. The predicted octanol–water partition coefficient (Wildman–Crippen LogP) is 4.58. The van der Waals surface area contributed by atoms with Crippen LogP contribution in [-0.4, -0.2) is 13.1 Å². The Labute approximate surface area is 116 Å². The molecule has 1 aliphatic rings. The monoisotopic (exact) mass is 265 g/mol. The molecule has 0 amide bonds.